The Hall–Kier alpha value is -4.36. The molecule has 0 bridgehead atoms. The van der Waals surface area contributed by atoms with Crippen molar-refractivity contribution in [2.75, 3.05) is 23.9 Å². The van der Waals surface area contributed by atoms with E-state index in [2.05, 4.69) is 15.3 Å². The zero-order valence-corrected chi connectivity index (χ0v) is 19.0. The molecule has 8 heteroatoms. The van der Waals surface area contributed by atoms with Crippen molar-refractivity contribution in [2.24, 2.45) is 0 Å². The van der Waals surface area contributed by atoms with Crippen LogP contribution in [0.15, 0.2) is 78.9 Å². The van der Waals surface area contributed by atoms with Gasteiger partial charge in [0.05, 0.1) is 24.0 Å². The van der Waals surface area contributed by atoms with E-state index in [1.54, 1.807) is 7.11 Å². The van der Waals surface area contributed by atoms with Crippen LogP contribution in [0.3, 0.4) is 0 Å². The number of nitrogens with two attached hydrogens (primary N) is 2. The summed E-state index contributed by atoms with van der Waals surface area (Å²) in [6.45, 7) is 0. The zero-order valence-electron chi connectivity index (χ0n) is 18.3. The fourth-order valence-electron chi connectivity index (χ4n) is 3.72. The van der Waals surface area contributed by atoms with Gasteiger partial charge in [-0.2, -0.15) is 4.98 Å². The van der Waals surface area contributed by atoms with Crippen LogP contribution < -0.4 is 21.5 Å². The van der Waals surface area contributed by atoms with Crippen molar-refractivity contribution in [3.05, 3.63) is 83.9 Å². The van der Waals surface area contributed by atoms with E-state index in [9.17, 15) is 0 Å². The van der Waals surface area contributed by atoms with Gasteiger partial charge < -0.3 is 21.5 Å². The number of hydrogen-bond donors (Lipinski definition) is 3. The van der Waals surface area contributed by atoms with Crippen LogP contribution in [0, 0.1) is 0 Å². The van der Waals surface area contributed by atoms with Crippen LogP contribution in [0.1, 0.15) is 0 Å². The first-order chi connectivity index (χ1) is 16.5. The van der Waals surface area contributed by atoms with Gasteiger partial charge in [0.25, 0.3) is 0 Å². The molecule has 0 saturated heterocycles. The Labute approximate surface area is 201 Å². The molecule has 5 rings (SSSR count). The number of pyridine rings is 1. The lowest BCUT2D eigenvalue weighted by molar-refractivity contribution is 0.415. The maximum absolute atomic E-state index is 6.39. The van der Waals surface area contributed by atoms with Crippen molar-refractivity contribution < 1.29 is 4.74 Å². The number of halogens is 1. The number of aromatic nitrogens is 3. The molecule has 168 valence electrons. The summed E-state index contributed by atoms with van der Waals surface area (Å²) in [5, 5.41) is 4.74. The predicted octanol–water partition coefficient (Wildman–Crippen LogP) is 5.93. The summed E-state index contributed by atoms with van der Waals surface area (Å²) in [7, 11) is 1.63. The van der Waals surface area contributed by atoms with Crippen molar-refractivity contribution in [3.8, 4) is 28.3 Å². The molecule has 0 amide bonds. The fraction of sp³-hybridized carbons (Fsp3) is 0.0385. The van der Waals surface area contributed by atoms with E-state index >= 15 is 0 Å². The maximum Gasteiger partial charge on any atom is 0.222 e. The highest BCUT2D eigenvalue weighted by molar-refractivity contribution is 6.33. The first kappa shape index (κ1) is 21.5. The summed E-state index contributed by atoms with van der Waals surface area (Å²) >= 11 is 6.34. The van der Waals surface area contributed by atoms with Crippen LogP contribution >= 0.6 is 11.6 Å². The molecular formula is C26H21ClN6O. The number of nitrogens with zero attached hydrogens (tertiary/aromatic N) is 3. The lowest BCUT2D eigenvalue weighted by atomic mass is 10.1. The highest BCUT2D eigenvalue weighted by Crippen LogP contribution is 2.32. The average Bonchev–Trinajstić information content (AvgIpc) is 2.84. The van der Waals surface area contributed by atoms with Gasteiger partial charge in [0.2, 0.25) is 5.95 Å². The number of ether oxygens (including phenoxy) is 1. The van der Waals surface area contributed by atoms with E-state index in [0.717, 1.165) is 39.2 Å². The second kappa shape index (κ2) is 8.88. The Balaban J connectivity index is 1.47. The van der Waals surface area contributed by atoms with E-state index in [1.165, 1.54) is 0 Å². The second-order valence-corrected chi connectivity index (χ2v) is 8.07. The molecule has 0 spiro atoms. The lowest BCUT2D eigenvalue weighted by Gasteiger charge is -2.12. The minimum Gasteiger partial charge on any atom is -0.497 e. The van der Waals surface area contributed by atoms with Crippen molar-refractivity contribution in [2.45, 2.75) is 0 Å². The van der Waals surface area contributed by atoms with Gasteiger partial charge in [-0.3, -0.25) is 0 Å². The Bertz CT molecular complexity index is 1500. The summed E-state index contributed by atoms with van der Waals surface area (Å²) in [6, 6.07) is 24.6. The SMILES string of the molecule is COc1ccc(-c2cc(Nc3ccc4nc(-c5ccccc5Cl)cc(N)c4c3)nc(N)n2)cc1. The summed E-state index contributed by atoms with van der Waals surface area (Å²) in [4.78, 5) is 13.4. The van der Waals surface area contributed by atoms with Gasteiger partial charge in [0.15, 0.2) is 0 Å². The van der Waals surface area contributed by atoms with Gasteiger partial charge in [-0.1, -0.05) is 29.8 Å². The average molecular weight is 469 g/mol. The second-order valence-electron chi connectivity index (χ2n) is 7.66. The highest BCUT2D eigenvalue weighted by atomic mass is 35.5. The zero-order chi connectivity index (χ0) is 23.7. The number of methoxy groups -OCH3 is 1. The predicted molar refractivity (Wildman–Crippen MR) is 138 cm³/mol. The summed E-state index contributed by atoms with van der Waals surface area (Å²) < 4.78 is 5.22. The topological polar surface area (TPSA) is 112 Å². The molecule has 7 nitrogen and oxygen atoms in total. The molecule has 0 fully saturated rings. The molecule has 0 atom stereocenters. The standard InChI is InChI=1S/C26H21ClN6O/c1-34-17-9-6-15(7-10-17)23-14-25(33-26(29)32-23)30-16-8-11-22-19(12-16)21(28)13-24(31-22)18-4-2-3-5-20(18)27/h2-14H,1H3,(H2,28,31)(H3,29,30,32,33). The molecule has 2 aromatic heterocycles. The van der Waals surface area contributed by atoms with Crippen LogP contribution in [-0.4, -0.2) is 22.1 Å². The first-order valence-electron chi connectivity index (χ1n) is 10.5. The molecule has 5 N–H and O–H groups in total. The number of rotatable bonds is 5. The highest BCUT2D eigenvalue weighted by Gasteiger charge is 2.11. The Morgan fingerprint density at radius 1 is 0.824 bits per heavy atom. The lowest BCUT2D eigenvalue weighted by Crippen LogP contribution is -2.02. The van der Waals surface area contributed by atoms with E-state index in [1.807, 2.05) is 78.9 Å². The Morgan fingerprint density at radius 3 is 2.38 bits per heavy atom. The third-order valence-corrected chi connectivity index (χ3v) is 5.72. The fourth-order valence-corrected chi connectivity index (χ4v) is 3.96. The van der Waals surface area contributed by atoms with E-state index in [-0.39, 0.29) is 5.95 Å². The summed E-state index contributed by atoms with van der Waals surface area (Å²) in [5.41, 5.74) is 17.7. The van der Waals surface area contributed by atoms with Crippen LogP contribution in [-0.2, 0) is 0 Å². The number of fused-ring (bicyclic) bond motifs is 1. The van der Waals surface area contributed by atoms with Crippen LogP contribution in [0.25, 0.3) is 33.4 Å². The van der Waals surface area contributed by atoms with Crippen LogP contribution in [0.5, 0.6) is 5.75 Å². The van der Waals surface area contributed by atoms with Crippen molar-refractivity contribution >= 4 is 45.6 Å². The maximum atomic E-state index is 6.39. The number of nitrogens with one attached hydrogen (secondary N) is 1. The van der Waals surface area contributed by atoms with Gasteiger partial charge in [-0.05, 0) is 54.6 Å². The molecule has 2 heterocycles. The minimum absolute atomic E-state index is 0.169. The first-order valence-corrected chi connectivity index (χ1v) is 10.9. The van der Waals surface area contributed by atoms with Crippen molar-refractivity contribution in [1.82, 2.24) is 15.0 Å². The molecule has 0 aliphatic rings. The summed E-state index contributed by atoms with van der Waals surface area (Å²) in [5.74, 6) is 1.50. The number of hydrogen-bond acceptors (Lipinski definition) is 7. The number of benzene rings is 3. The van der Waals surface area contributed by atoms with Crippen LogP contribution in [0.4, 0.5) is 23.1 Å². The Kier molecular flexibility index (Phi) is 5.61. The molecule has 0 saturated carbocycles. The third-order valence-electron chi connectivity index (χ3n) is 5.39. The van der Waals surface area contributed by atoms with E-state index in [0.29, 0.717) is 22.2 Å². The van der Waals surface area contributed by atoms with E-state index in [4.69, 9.17) is 32.8 Å². The quantitative estimate of drug-likeness (QED) is 0.293. The van der Waals surface area contributed by atoms with Gasteiger partial charge in [0.1, 0.15) is 11.6 Å². The molecular weight excluding hydrogens is 448 g/mol. The van der Waals surface area contributed by atoms with E-state index < -0.39 is 0 Å². The molecule has 5 aromatic rings. The van der Waals surface area contributed by atoms with Crippen LogP contribution in [0.2, 0.25) is 5.02 Å². The molecule has 0 aliphatic carbocycles. The monoisotopic (exact) mass is 468 g/mol. The summed E-state index contributed by atoms with van der Waals surface area (Å²) in [6.07, 6.45) is 0. The van der Waals surface area contributed by atoms with Crippen molar-refractivity contribution in [3.63, 3.8) is 0 Å². The van der Waals surface area contributed by atoms with Gasteiger partial charge in [-0.25, -0.2) is 9.97 Å². The molecule has 3 aromatic carbocycles. The van der Waals surface area contributed by atoms with Crippen molar-refractivity contribution in [1.29, 1.82) is 0 Å². The minimum atomic E-state index is 0.169. The largest absolute Gasteiger partial charge is 0.497 e. The number of nitrogen functional groups attached to an aromatic ring is 2. The van der Waals surface area contributed by atoms with Gasteiger partial charge in [-0.15, -0.1) is 0 Å². The molecule has 34 heavy (non-hydrogen) atoms. The molecule has 0 radical (unpaired) electrons. The third kappa shape index (κ3) is 4.29. The van der Waals surface area contributed by atoms with Gasteiger partial charge in [0, 0.05) is 39.0 Å². The smallest absolute Gasteiger partial charge is 0.222 e. The molecule has 0 aliphatic heterocycles. The molecule has 0 unspecified atom stereocenters. The number of anilines is 4. The van der Waals surface area contributed by atoms with Gasteiger partial charge >= 0.3 is 0 Å². The Morgan fingerprint density at radius 2 is 1.62 bits per heavy atom. The normalized spacial score (nSPS) is 10.9.